The first kappa shape index (κ1) is 28.2. The first-order valence-electron chi connectivity index (χ1n) is 13.1. The zero-order valence-electron chi connectivity index (χ0n) is 23.1. The number of carbonyl (C=O) groups excluding carboxylic acids is 1. The summed E-state index contributed by atoms with van der Waals surface area (Å²) < 4.78 is 14.6. The number of hydrogen-bond acceptors (Lipinski definition) is 8. The van der Waals surface area contributed by atoms with Gasteiger partial charge in [0.1, 0.15) is 18.4 Å². The molecule has 3 aromatic carbocycles. The van der Waals surface area contributed by atoms with E-state index in [2.05, 4.69) is 31.7 Å². The molecule has 6 aromatic rings. The van der Waals surface area contributed by atoms with Crippen molar-refractivity contribution >= 4 is 51.2 Å². The first-order chi connectivity index (χ1) is 20.4. The van der Waals surface area contributed by atoms with E-state index in [-0.39, 0.29) is 0 Å². The molecular formula is C32H29N7O2S. The summed E-state index contributed by atoms with van der Waals surface area (Å²) in [7, 11) is 0.533. The number of aromatic nitrogens is 4. The maximum atomic E-state index is 13.0. The van der Waals surface area contributed by atoms with Crippen molar-refractivity contribution in [3.05, 3.63) is 121 Å². The molecule has 4 N–H and O–H groups in total. The normalized spacial score (nSPS) is 11.3. The van der Waals surface area contributed by atoms with Gasteiger partial charge in [-0.25, -0.2) is 23.1 Å². The zero-order valence-corrected chi connectivity index (χ0v) is 23.9. The Labute approximate surface area is 246 Å². The third kappa shape index (κ3) is 6.51. The summed E-state index contributed by atoms with van der Waals surface area (Å²) in [5.41, 5.74) is 12.1. The number of pyridine rings is 1. The minimum atomic E-state index is -1.36. The van der Waals surface area contributed by atoms with Crippen LogP contribution in [0.4, 0.5) is 22.9 Å². The molecule has 0 spiro atoms. The predicted molar refractivity (Wildman–Crippen MR) is 169 cm³/mol. The van der Waals surface area contributed by atoms with E-state index in [1.165, 1.54) is 6.33 Å². The third-order valence-corrected chi connectivity index (χ3v) is 7.77. The summed E-state index contributed by atoms with van der Waals surface area (Å²) in [6.07, 6.45) is 5.88. The van der Waals surface area contributed by atoms with Crippen molar-refractivity contribution in [1.82, 2.24) is 18.9 Å². The number of nitrogens with two attached hydrogens (primary N) is 1. The van der Waals surface area contributed by atoms with Gasteiger partial charge in [0.15, 0.2) is 16.6 Å². The Bertz CT molecular complexity index is 1860. The summed E-state index contributed by atoms with van der Waals surface area (Å²) >= 11 is 0. The summed E-state index contributed by atoms with van der Waals surface area (Å²) in [6, 6.07) is 28.1. The Hall–Kier alpha value is -5.35. The second-order valence-corrected chi connectivity index (χ2v) is 10.7. The van der Waals surface area contributed by atoms with E-state index in [9.17, 15) is 9.00 Å². The topological polar surface area (TPSA) is 128 Å². The quantitative estimate of drug-likeness (QED) is 0.151. The fourth-order valence-corrected chi connectivity index (χ4v) is 5.23. The van der Waals surface area contributed by atoms with Crippen LogP contribution in [0.3, 0.4) is 0 Å². The van der Waals surface area contributed by atoms with Crippen molar-refractivity contribution in [2.75, 3.05) is 23.4 Å². The number of nitrogens with zero attached hydrogens (tertiary/aromatic N) is 4. The van der Waals surface area contributed by atoms with E-state index in [0.717, 1.165) is 44.8 Å². The molecule has 6 rings (SSSR count). The lowest BCUT2D eigenvalue weighted by Gasteiger charge is -2.11. The number of anilines is 4. The highest BCUT2D eigenvalue weighted by atomic mass is 32.2. The molecule has 0 fully saturated rings. The lowest BCUT2D eigenvalue weighted by atomic mass is 10.1. The van der Waals surface area contributed by atoms with Gasteiger partial charge in [-0.15, -0.1) is 0 Å². The van der Waals surface area contributed by atoms with E-state index >= 15 is 0 Å². The van der Waals surface area contributed by atoms with E-state index in [0.29, 0.717) is 22.7 Å². The van der Waals surface area contributed by atoms with Gasteiger partial charge in [0.25, 0.3) is 0 Å². The van der Waals surface area contributed by atoms with Crippen LogP contribution in [0.2, 0.25) is 0 Å². The Morgan fingerprint density at radius 1 is 0.905 bits per heavy atom. The van der Waals surface area contributed by atoms with Crippen LogP contribution >= 0.6 is 0 Å². The first-order valence-corrected chi connectivity index (χ1v) is 14.2. The molecule has 9 nitrogen and oxygen atoms in total. The van der Waals surface area contributed by atoms with Crippen molar-refractivity contribution < 1.29 is 9.00 Å². The van der Waals surface area contributed by atoms with E-state index in [1.807, 2.05) is 74.6 Å². The molecule has 3 heterocycles. The van der Waals surface area contributed by atoms with E-state index in [1.54, 1.807) is 40.6 Å². The average molecular weight is 576 g/mol. The molecule has 3 aromatic heterocycles. The predicted octanol–water partition coefficient (Wildman–Crippen LogP) is 6.24. The number of rotatable bonds is 7. The van der Waals surface area contributed by atoms with Gasteiger partial charge in [-0.05, 0) is 73.2 Å². The number of fused-ring (bicyclic) bond motifs is 1. The van der Waals surface area contributed by atoms with Crippen LogP contribution in [-0.2, 0) is 11.0 Å². The second kappa shape index (κ2) is 12.9. The van der Waals surface area contributed by atoms with Crippen molar-refractivity contribution in [1.29, 1.82) is 0 Å². The van der Waals surface area contributed by atoms with Gasteiger partial charge in [0.05, 0.1) is 10.6 Å². The fraction of sp³-hybridized carbons (Fsp3) is 0.0625. The number of aldehydes is 1. The lowest BCUT2D eigenvalue weighted by molar-refractivity contribution is 0.112. The molecule has 210 valence electrons. The molecule has 0 aliphatic rings. The molecular weight excluding hydrogens is 546 g/mol. The van der Waals surface area contributed by atoms with Crippen molar-refractivity contribution in [3.8, 4) is 11.3 Å². The maximum absolute atomic E-state index is 13.0. The highest BCUT2D eigenvalue weighted by Crippen LogP contribution is 2.27. The van der Waals surface area contributed by atoms with Gasteiger partial charge in [-0.2, -0.15) is 0 Å². The Kier molecular flexibility index (Phi) is 8.64. The van der Waals surface area contributed by atoms with Crippen LogP contribution in [0.1, 0.15) is 15.9 Å². The number of aryl methyl sites for hydroxylation is 1. The molecule has 1 atom stereocenters. The fourth-order valence-electron chi connectivity index (χ4n) is 4.13. The number of hydrogen-bond donors (Lipinski definition) is 3. The van der Waals surface area contributed by atoms with E-state index < -0.39 is 11.0 Å². The highest BCUT2D eigenvalue weighted by molar-refractivity contribution is 7.83. The van der Waals surface area contributed by atoms with Gasteiger partial charge < -0.3 is 16.4 Å². The van der Waals surface area contributed by atoms with Crippen LogP contribution in [0, 0.1) is 6.92 Å². The second-order valence-electron chi connectivity index (χ2n) is 9.32. The summed E-state index contributed by atoms with van der Waals surface area (Å²) in [4.78, 5) is 24.2. The highest BCUT2D eigenvalue weighted by Gasteiger charge is 2.13. The molecule has 0 saturated carbocycles. The van der Waals surface area contributed by atoms with Crippen LogP contribution in [0.15, 0.2) is 115 Å². The summed E-state index contributed by atoms with van der Waals surface area (Å²) in [5.74, 6) is 0.694. The van der Waals surface area contributed by atoms with Crippen LogP contribution in [-0.4, -0.2) is 36.5 Å². The minimum Gasteiger partial charge on any atom is -0.399 e. The van der Waals surface area contributed by atoms with E-state index in [4.69, 9.17) is 5.73 Å². The van der Waals surface area contributed by atoms with Gasteiger partial charge in [-0.3, -0.25) is 4.79 Å². The molecule has 42 heavy (non-hydrogen) atoms. The maximum Gasteiger partial charge on any atom is 0.158 e. The number of nitrogens with one attached hydrogen (secondary N) is 2. The number of carbonyl (C=O) groups is 1. The molecule has 0 saturated heterocycles. The van der Waals surface area contributed by atoms with Crippen molar-refractivity contribution in [2.45, 2.75) is 11.8 Å². The van der Waals surface area contributed by atoms with Gasteiger partial charge >= 0.3 is 0 Å². The SMILES string of the molecule is CNc1ccc(C)c(Nc2cc(-c3cnc4c(ccn4S(=O)c4ccccc4)c3)ncn2)c1.Nc1ccc(C=O)cc1. The van der Waals surface area contributed by atoms with Crippen molar-refractivity contribution in [3.63, 3.8) is 0 Å². The molecule has 0 bridgehead atoms. The Morgan fingerprint density at radius 2 is 1.69 bits per heavy atom. The van der Waals surface area contributed by atoms with Crippen LogP contribution < -0.4 is 16.4 Å². The Morgan fingerprint density at radius 3 is 2.43 bits per heavy atom. The van der Waals surface area contributed by atoms with Gasteiger partial charge in [-0.1, -0.05) is 24.3 Å². The zero-order chi connectivity index (χ0) is 29.5. The van der Waals surface area contributed by atoms with Crippen LogP contribution in [0.25, 0.3) is 22.3 Å². The number of nitrogen functional groups attached to an aromatic ring is 1. The molecule has 0 radical (unpaired) electrons. The molecule has 0 aliphatic heterocycles. The minimum absolute atomic E-state index is 0.657. The summed E-state index contributed by atoms with van der Waals surface area (Å²) in [5, 5.41) is 7.42. The molecule has 10 heteroatoms. The Balaban J connectivity index is 0.000000336. The largest absolute Gasteiger partial charge is 0.399 e. The molecule has 1 unspecified atom stereocenters. The molecule has 0 amide bonds. The summed E-state index contributed by atoms with van der Waals surface area (Å²) in [6.45, 7) is 2.05. The number of benzene rings is 3. The van der Waals surface area contributed by atoms with Crippen LogP contribution in [0.5, 0.6) is 0 Å². The lowest BCUT2D eigenvalue weighted by Crippen LogP contribution is -2.04. The van der Waals surface area contributed by atoms with Gasteiger partial charge in [0, 0.05) is 59.1 Å². The smallest absolute Gasteiger partial charge is 0.158 e. The van der Waals surface area contributed by atoms with Gasteiger partial charge in [0.2, 0.25) is 0 Å². The van der Waals surface area contributed by atoms with Crippen molar-refractivity contribution in [2.24, 2.45) is 0 Å². The standard InChI is InChI=1S/C25H22N6OS.C7H7NO/c1-17-8-9-20(26-2)13-22(17)30-24-14-23(28-16-29-24)19-12-18-10-11-31(25(18)27-15-19)33(32)21-6-4-3-5-7-21;8-7-3-1-6(5-9)2-4-7/h3-16,26H,1-2H3,(H,28,29,30);1-5H,8H2. The molecule has 0 aliphatic carbocycles. The third-order valence-electron chi connectivity index (χ3n) is 6.44. The average Bonchev–Trinajstić information content (AvgIpc) is 3.46. The monoisotopic (exact) mass is 575 g/mol.